The predicted octanol–water partition coefficient (Wildman–Crippen LogP) is 3.82. The molecule has 0 aromatic heterocycles. The van der Waals surface area contributed by atoms with Crippen LogP contribution in [0.4, 0.5) is 0 Å². The highest BCUT2D eigenvalue weighted by atomic mass is 16.5. The van der Waals surface area contributed by atoms with E-state index in [1.807, 2.05) is 13.0 Å². The van der Waals surface area contributed by atoms with Gasteiger partial charge in [-0.15, -0.1) is 0 Å². The third-order valence-electron chi connectivity index (χ3n) is 3.67. The highest BCUT2D eigenvalue weighted by molar-refractivity contribution is 5.74. The number of hydrogen-bond donors (Lipinski definition) is 0. The lowest BCUT2D eigenvalue weighted by Crippen LogP contribution is -2.10. The number of carbonyl (C=O) groups excluding carboxylic acids is 1. The number of carbonyl (C=O) groups is 1. The zero-order valence-corrected chi connectivity index (χ0v) is 11.1. The fourth-order valence-electron chi connectivity index (χ4n) is 2.67. The summed E-state index contributed by atoms with van der Waals surface area (Å²) in [5, 5.41) is 0. The molecule has 0 saturated heterocycles. The number of hydrogen-bond acceptors (Lipinski definition) is 2. The molecule has 0 fully saturated rings. The monoisotopic (exact) mass is 244 g/mol. The molecule has 2 rings (SSSR count). The minimum absolute atomic E-state index is 0.0730. The maximum Gasteiger partial charge on any atom is 0.306 e. The predicted molar refractivity (Wildman–Crippen MR) is 73.0 cm³/mol. The van der Waals surface area contributed by atoms with Crippen LogP contribution in [0.1, 0.15) is 38.7 Å². The van der Waals surface area contributed by atoms with Crippen LogP contribution in [0, 0.1) is 5.92 Å². The second-order valence-corrected chi connectivity index (χ2v) is 4.77. The van der Waals surface area contributed by atoms with Gasteiger partial charge in [-0.2, -0.15) is 0 Å². The topological polar surface area (TPSA) is 26.3 Å². The van der Waals surface area contributed by atoms with Crippen LogP contribution in [-0.4, -0.2) is 12.6 Å². The second kappa shape index (κ2) is 5.85. The molecule has 2 heteroatoms. The normalized spacial score (nSPS) is 19.1. The van der Waals surface area contributed by atoms with Crippen molar-refractivity contribution in [3.05, 3.63) is 41.5 Å². The first-order chi connectivity index (χ1) is 8.72. The van der Waals surface area contributed by atoms with E-state index in [0.717, 1.165) is 12.8 Å². The van der Waals surface area contributed by atoms with Crippen LogP contribution in [-0.2, 0) is 9.53 Å². The Hall–Kier alpha value is -1.57. The number of ether oxygens (including phenoxy) is 1. The van der Waals surface area contributed by atoms with E-state index >= 15 is 0 Å². The van der Waals surface area contributed by atoms with Gasteiger partial charge in [-0.05, 0) is 43.7 Å². The summed E-state index contributed by atoms with van der Waals surface area (Å²) in [7, 11) is 0. The molecule has 1 aromatic rings. The Kier molecular flexibility index (Phi) is 4.19. The smallest absolute Gasteiger partial charge is 0.306 e. The Labute approximate surface area is 109 Å². The lowest BCUT2D eigenvalue weighted by atomic mass is 9.97. The van der Waals surface area contributed by atoms with E-state index < -0.39 is 0 Å². The molecule has 2 nitrogen and oxygen atoms in total. The van der Waals surface area contributed by atoms with Crippen LogP contribution in [0.15, 0.2) is 35.9 Å². The highest BCUT2D eigenvalue weighted by Crippen LogP contribution is 2.39. The lowest BCUT2D eigenvalue weighted by Gasteiger charge is -2.11. The SMILES string of the molecule is CCOC(=O)CC1CCC(c2ccccc2)=C1C. The van der Waals surface area contributed by atoms with Crippen LogP contribution in [0.25, 0.3) is 5.57 Å². The zero-order valence-electron chi connectivity index (χ0n) is 11.1. The summed E-state index contributed by atoms with van der Waals surface area (Å²) in [5.74, 6) is 0.287. The molecule has 0 N–H and O–H groups in total. The summed E-state index contributed by atoms with van der Waals surface area (Å²) >= 11 is 0. The van der Waals surface area contributed by atoms with E-state index in [1.165, 1.54) is 16.7 Å². The number of allylic oxidation sites excluding steroid dienone is 2. The van der Waals surface area contributed by atoms with Gasteiger partial charge in [0.25, 0.3) is 0 Å². The van der Waals surface area contributed by atoms with Crippen molar-refractivity contribution >= 4 is 11.5 Å². The molecule has 0 amide bonds. The van der Waals surface area contributed by atoms with E-state index in [9.17, 15) is 4.79 Å². The van der Waals surface area contributed by atoms with Gasteiger partial charge >= 0.3 is 5.97 Å². The van der Waals surface area contributed by atoms with E-state index in [4.69, 9.17) is 4.74 Å². The zero-order chi connectivity index (χ0) is 13.0. The first-order valence-electron chi connectivity index (χ1n) is 6.63. The quantitative estimate of drug-likeness (QED) is 0.752. The summed E-state index contributed by atoms with van der Waals surface area (Å²) in [6, 6.07) is 10.4. The van der Waals surface area contributed by atoms with Gasteiger partial charge in [-0.1, -0.05) is 35.9 Å². The Morgan fingerprint density at radius 1 is 1.33 bits per heavy atom. The maximum absolute atomic E-state index is 11.5. The second-order valence-electron chi connectivity index (χ2n) is 4.77. The molecule has 0 aliphatic heterocycles. The summed E-state index contributed by atoms with van der Waals surface area (Å²) in [6.07, 6.45) is 2.66. The summed E-state index contributed by atoms with van der Waals surface area (Å²) in [6.45, 7) is 4.48. The van der Waals surface area contributed by atoms with Crippen LogP contribution in [0.3, 0.4) is 0 Å². The molecule has 1 unspecified atom stereocenters. The fourth-order valence-corrected chi connectivity index (χ4v) is 2.67. The van der Waals surface area contributed by atoms with Gasteiger partial charge in [0.05, 0.1) is 13.0 Å². The van der Waals surface area contributed by atoms with E-state index in [1.54, 1.807) is 0 Å². The standard InChI is InChI=1S/C16H20O2/c1-3-18-16(17)11-14-9-10-15(12(14)2)13-7-5-4-6-8-13/h4-8,14H,3,9-11H2,1-2H3. The third-order valence-corrected chi connectivity index (χ3v) is 3.67. The molecular weight excluding hydrogens is 224 g/mol. The molecule has 1 aliphatic carbocycles. The minimum Gasteiger partial charge on any atom is -0.466 e. The van der Waals surface area contributed by atoms with Crippen molar-refractivity contribution in [3.8, 4) is 0 Å². The van der Waals surface area contributed by atoms with Crippen molar-refractivity contribution in [2.24, 2.45) is 5.92 Å². The maximum atomic E-state index is 11.5. The molecule has 0 saturated carbocycles. The molecule has 0 spiro atoms. The summed E-state index contributed by atoms with van der Waals surface area (Å²) < 4.78 is 5.03. The van der Waals surface area contributed by atoms with Crippen molar-refractivity contribution in [2.75, 3.05) is 6.61 Å². The van der Waals surface area contributed by atoms with Crippen molar-refractivity contribution in [3.63, 3.8) is 0 Å². The molecule has 1 aliphatic rings. The Morgan fingerprint density at radius 3 is 2.72 bits per heavy atom. The average molecular weight is 244 g/mol. The lowest BCUT2D eigenvalue weighted by molar-refractivity contribution is -0.143. The van der Waals surface area contributed by atoms with Gasteiger partial charge in [0.2, 0.25) is 0 Å². The van der Waals surface area contributed by atoms with Crippen molar-refractivity contribution in [2.45, 2.75) is 33.1 Å². The molecule has 18 heavy (non-hydrogen) atoms. The van der Waals surface area contributed by atoms with Gasteiger partial charge in [-0.3, -0.25) is 4.79 Å². The first-order valence-corrected chi connectivity index (χ1v) is 6.63. The Balaban J connectivity index is 2.10. The Bertz CT molecular complexity index is 445. The van der Waals surface area contributed by atoms with E-state index in [-0.39, 0.29) is 5.97 Å². The largest absolute Gasteiger partial charge is 0.466 e. The minimum atomic E-state index is -0.0730. The van der Waals surface area contributed by atoms with Gasteiger partial charge in [0, 0.05) is 0 Å². The van der Waals surface area contributed by atoms with Crippen molar-refractivity contribution < 1.29 is 9.53 Å². The third kappa shape index (κ3) is 2.81. The number of rotatable bonds is 4. The van der Waals surface area contributed by atoms with Gasteiger partial charge in [0.1, 0.15) is 0 Å². The van der Waals surface area contributed by atoms with Gasteiger partial charge < -0.3 is 4.74 Å². The molecule has 1 aromatic carbocycles. The molecule has 0 radical (unpaired) electrons. The summed E-state index contributed by atoms with van der Waals surface area (Å²) in [4.78, 5) is 11.5. The molecule has 0 heterocycles. The van der Waals surface area contributed by atoms with E-state index in [0.29, 0.717) is 18.9 Å². The average Bonchev–Trinajstić information content (AvgIpc) is 2.72. The number of esters is 1. The fraction of sp³-hybridized carbons (Fsp3) is 0.438. The van der Waals surface area contributed by atoms with Crippen molar-refractivity contribution in [1.29, 1.82) is 0 Å². The Morgan fingerprint density at radius 2 is 2.06 bits per heavy atom. The van der Waals surface area contributed by atoms with Gasteiger partial charge in [-0.25, -0.2) is 0 Å². The van der Waals surface area contributed by atoms with Crippen LogP contribution >= 0.6 is 0 Å². The number of benzene rings is 1. The van der Waals surface area contributed by atoms with Crippen LogP contribution in [0.2, 0.25) is 0 Å². The van der Waals surface area contributed by atoms with Gasteiger partial charge in [0.15, 0.2) is 0 Å². The molecule has 96 valence electrons. The van der Waals surface area contributed by atoms with Crippen LogP contribution < -0.4 is 0 Å². The molecule has 0 bridgehead atoms. The molecule has 1 atom stereocenters. The van der Waals surface area contributed by atoms with Crippen LogP contribution in [0.5, 0.6) is 0 Å². The summed E-state index contributed by atoms with van der Waals surface area (Å²) in [5.41, 5.74) is 4.06. The first kappa shape index (κ1) is 12.9. The highest BCUT2D eigenvalue weighted by Gasteiger charge is 2.25. The van der Waals surface area contributed by atoms with E-state index in [2.05, 4.69) is 31.2 Å². The molecular formula is C16H20O2. The van der Waals surface area contributed by atoms with Crippen molar-refractivity contribution in [1.82, 2.24) is 0 Å².